The number of pyridine rings is 1. The van der Waals surface area contributed by atoms with Crippen LogP contribution in [0.15, 0.2) is 90.0 Å². The van der Waals surface area contributed by atoms with E-state index < -0.39 is 10.0 Å². The Morgan fingerprint density at radius 2 is 1.39 bits per heavy atom. The van der Waals surface area contributed by atoms with Crippen molar-refractivity contribution in [1.82, 2.24) is 19.9 Å². The van der Waals surface area contributed by atoms with Gasteiger partial charge in [0.15, 0.2) is 5.82 Å². The Balaban J connectivity index is 1.26. The van der Waals surface area contributed by atoms with E-state index in [0.717, 1.165) is 16.7 Å². The molecule has 4 rings (SSSR count). The van der Waals surface area contributed by atoms with Crippen molar-refractivity contribution in [2.75, 3.05) is 23.7 Å². The number of aromatic nitrogens is 3. The Kier molecular flexibility index (Phi) is 6.92. The van der Waals surface area contributed by atoms with Crippen molar-refractivity contribution in [3.05, 3.63) is 90.6 Å². The van der Waals surface area contributed by atoms with E-state index in [0.29, 0.717) is 24.0 Å². The standard InChI is InChI=1S/C24H24N6O2S/c1-18-7-12-22(26-17-18)28-24-14-13-23(29-30-24)25-15-16-27-33(31,32)21-10-8-20(9-11-21)19-5-3-2-4-6-19/h2-14,17,27H,15-16H2,1H3,(H,25,29)(H,26,28,30). The number of nitrogens with one attached hydrogen (secondary N) is 3. The number of benzene rings is 2. The Morgan fingerprint density at radius 3 is 2.06 bits per heavy atom. The molecule has 168 valence electrons. The summed E-state index contributed by atoms with van der Waals surface area (Å²) in [6.45, 7) is 2.54. The molecule has 3 N–H and O–H groups in total. The molecule has 2 aromatic carbocycles. The van der Waals surface area contributed by atoms with Crippen LogP contribution >= 0.6 is 0 Å². The minimum Gasteiger partial charge on any atom is -0.367 e. The lowest BCUT2D eigenvalue weighted by Crippen LogP contribution is -2.29. The number of rotatable bonds is 9. The molecule has 0 amide bonds. The van der Waals surface area contributed by atoms with Crippen LogP contribution in [0.1, 0.15) is 5.56 Å². The molecule has 2 aromatic heterocycles. The second-order valence-electron chi connectivity index (χ2n) is 7.36. The molecule has 4 aromatic rings. The molecule has 0 atom stereocenters. The third kappa shape index (κ3) is 6.12. The molecule has 0 aliphatic carbocycles. The van der Waals surface area contributed by atoms with Crippen molar-refractivity contribution in [3.63, 3.8) is 0 Å². The first kappa shape index (κ1) is 22.4. The molecule has 2 heterocycles. The summed E-state index contributed by atoms with van der Waals surface area (Å²) >= 11 is 0. The van der Waals surface area contributed by atoms with E-state index in [1.165, 1.54) is 0 Å². The van der Waals surface area contributed by atoms with Crippen LogP contribution in [-0.2, 0) is 10.0 Å². The first-order chi connectivity index (χ1) is 16.0. The molecular weight excluding hydrogens is 436 g/mol. The van der Waals surface area contributed by atoms with Gasteiger partial charge in [0.05, 0.1) is 4.90 Å². The van der Waals surface area contributed by atoms with Gasteiger partial charge in [-0.25, -0.2) is 18.1 Å². The van der Waals surface area contributed by atoms with E-state index in [4.69, 9.17) is 0 Å². The predicted molar refractivity (Wildman–Crippen MR) is 130 cm³/mol. The normalized spacial score (nSPS) is 11.2. The van der Waals surface area contributed by atoms with Crippen molar-refractivity contribution in [2.45, 2.75) is 11.8 Å². The maximum Gasteiger partial charge on any atom is 0.240 e. The van der Waals surface area contributed by atoms with Crippen LogP contribution in [0.25, 0.3) is 11.1 Å². The van der Waals surface area contributed by atoms with Crippen molar-refractivity contribution in [1.29, 1.82) is 0 Å². The van der Waals surface area contributed by atoms with Gasteiger partial charge in [-0.1, -0.05) is 48.5 Å². The van der Waals surface area contributed by atoms with Crippen LogP contribution in [0.5, 0.6) is 0 Å². The molecule has 9 heteroatoms. The zero-order valence-corrected chi connectivity index (χ0v) is 18.9. The minimum atomic E-state index is -3.60. The van der Waals surface area contributed by atoms with Crippen LogP contribution in [0.3, 0.4) is 0 Å². The average Bonchev–Trinajstić information content (AvgIpc) is 2.85. The van der Waals surface area contributed by atoms with Gasteiger partial charge in [0.25, 0.3) is 0 Å². The highest BCUT2D eigenvalue weighted by molar-refractivity contribution is 7.89. The van der Waals surface area contributed by atoms with E-state index >= 15 is 0 Å². The Hall–Kier alpha value is -3.82. The maximum atomic E-state index is 12.5. The van der Waals surface area contributed by atoms with Gasteiger partial charge in [-0.05, 0) is 53.9 Å². The second-order valence-corrected chi connectivity index (χ2v) is 9.13. The van der Waals surface area contributed by atoms with Gasteiger partial charge >= 0.3 is 0 Å². The monoisotopic (exact) mass is 460 g/mol. The largest absolute Gasteiger partial charge is 0.367 e. The SMILES string of the molecule is Cc1ccc(Nc2ccc(NCCNS(=O)(=O)c3ccc(-c4ccccc4)cc3)nn2)nc1. The second kappa shape index (κ2) is 10.2. The quantitative estimate of drug-likeness (QED) is 0.324. The maximum absolute atomic E-state index is 12.5. The lowest BCUT2D eigenvalue weighted by atomic mass is 10.1. The van der Waals surface area contributed by atoms with Gasteiger partial charge in [-0.3, -0.25) is 0 Å². The zero-order chi connectivity index (χ0) is 23.1. The summed E-state index contributed by atoms with van der Waals surface area (Å²) < 4.78 is 27.7. The van der Waals surface area contributed by atoms with Crippen LogP contribution in [0, 0.1) is 6.92 Å². The summed E-state index contributed by atoms with van der Waals surface area (Å²) in [5, 5.41) is 14.3. The van der Waals surface area contributed by atoms with Crippen LogP contribution in [0.4, 0.5) is 17.5 Å². The first-order valence-electron chi connectivity index (χ1n) is 10.4. The van der Waals surface area contributed by atoms with Crippen molar-refractivity contribution in [2.24, 2.45) is 0 Å². The molecule has 0 saturated heterocycles. The van der Waals surface area contributed by atoms with Crippen molar-refractivity contribution in [3.8, 4) is 11.1 Å². The molecule has 8 nitrogen and oxygen atoms in total. The summed E-state index contributed by atoms with van der Waals surface area (Å²) in [6.07, 6.45) is 1.77. The topological polar surface area (TPSA) is 109 Å². The molecule has 0 aliphatic rings. The molecule has 0 radical (unpaired) electrons. The summed E-state index contributed by atoms with van der Waals surface area (Å²) in [4.78, 5) is 4.49. The van der Waals surface area contributed by atoms with Gasteiger partial charge in [0.1, 0.15) is 11.6 Å². The lowest BCUT2D eigenvalue weighted by Gasteiger charge is -2.09. The summed E-state index contributed by atoms with van der Waals surface area (Å²) in [7, 11) is -3.60. The Bertz CT molecular complexity index is 1280. The number of nitrogens with zero attached hydrogens (tertiary/aromatic N) is 3. The first-order valence-corrected chi connectivity index (χ1v) is 11.9. The Morgan fingerprint density at radius 1 is 0.727 bits per heavy atom. The van der Waals surface area contributed by atoms with Gasteiger partial charge < -0.3 is 10.6 Å². The van der Waals surface area contributed by atoms with Crippen LogP contribution in [-0.4, -0.2) is 36.7 Å². The van der Waals surface area contributed by atoms with Crippen LogP contribution < -0.4 is 15.4 Å². The third-order valence-electron chi connectivity index (χ3n) is 4.83. The zero-order valence-electron chi connectivity index (χ0n) is 18.1. The van der Waals surface area contributed by atoms with Gasteiger partial charge in [-0.2, -0.15) is 0 Å². The predicted octanol–water partition coefficient (Wildman–Crippen LogP) is 3.98. The number of sulfonamides is 1. The van der Waals surface area contributed by atoms with E-state index in [2.05, 4.69) is 30.5 Å². The number of anilines is 3. The number of hydrogen-bond acceptors (Lipinski definition) is 7. The van der Waals surface area contributed by atoms with E-state index in [1.807, 2.05) is 49.4 Å². The highest BCUT2D eigenvalue weighted by Crippen LogP contribution is 2.21. The summed E-state index contributed by atoms with van der Waals surface area (Å²) in [6, 6.07) is 24.0. The fourth-order valence-electron chi connectivity index (χ4n) is 3.08. The van der Waals surface area contributed by atoms with Crippen LogP contribution in [0.2, 0.25) is 0 Å². The van der Waals surface area contributed by atoms with E-state index in [9.17, 15) is 8.42 Å². The summed E-state index contributed by atoms with van der Waals surface area (Å²) in [5.74, 6) is 1.79. The molecule has 0 unspecified atom stereocenters. The smallest absolute Gasteiger partial charge is 0.240 e. The highest BCUT2D eigenvalue weighted by Gasteiger charge is 2.13. The van der Waals surface area contributed by atoms with Gasteiger partial charge in [0.2, 0.25) is 10.0 Å². The number of hydrogen-bond donors (Lipinski definition) is 3. The van der Waals surface area contributed by atoms with E-state index in [-0.39, 0.29) is 11.4 Å². The molecule has 0 fully saturated rings. The fraction of sp³-hybridized carbons (Fsp3) is 0.125. The minimum absolute atomic E-state index is 0.206. The summed E-state index contributed by atoms with van der Waals surface area (Å²) in [5.41, 5.74) is 3.08. The molecular formula is C24H24N6O2S. The molecule has 0 aliphatic heterocycles. The average molecular weight is 461 g/mol. The molecule has 33 heavy (non-hydrogen) atoms. The van der Waals surface area contributed by atoms with E-state index in [1.54, 1.807) is 42.6 Å². The number of aryl methyl sites for hydroxylation is 1. The lowest BCUT2D eigenvalue weighted by molar-refractivity contribution is 0.583. The van der Waals surface area contributed by atoms with Crippen molar-refractivity contribution < 1.29 is 8.42 Å². The third-order valence-corrected chi connectivity index (χ3v) is 6.30. The van der Waals surface area contributed by atoms with Gasteiger partial charge in [0, 0.05) is 19.3 Å². The molecule has 0 saturated carbocycles. The molecule has 0 spiro atoms. The van der Waals surface area contributed by atoms with Gasteiger partial charge in [-0.15, -0.1) is 10.2 Å². The molecule has 0 bridgehead atoms. The fourth-order valence-corrected chi connectivity index (χ4v) is 4.11. The van der Waals surface area contributed by atoms with Crippen molar-refractivity contribution >= 4 is 27.5 Å². The Labute approximate surface area is 193 Å². The highest BCUT2D eigenvalue weighted by atomic mass is 32.2.